The van der Waals surface area contributed by atoms with Crippen LogP contribution in [0.25, 0.3) is 0 Å². The van der Waals surface area contributed by atoms with Gasteiger partial charge in [0.25, 0.3) is 5.91 Å². The Kier molecular flexibility index (Phi) is 4.80. The molecule has 0 radical (unpaired) electrons. The molecule has 0 aromatic heterocycles. The number of aliphatic hydroxyl groups is 1. The third-order valence-corrected chi connectivity index (χ3v) is 6.67. The molecule has 4 saturated heterocycles. The van der Waals surface area contributed by atoms with Crippen molar-refractivity contribution in [3.05, 3.63) is 35.1 Å². The average Bonchev–Trinajstić information content (AvgIpc) is 3.29. The molecular weight excluding hydrogens is 390 g/mol. The van der Waals surface area contributed by atoms with Gasteiger partial charge in [-0.15, -0.1) is 0 Å². The molecule has 4 rings (SSSR count). The van der Waals surface area contributed by atoms with Gasteiger partial charge in [0.2, 0.25) is 0 Å². The summed E-state index contributed by atoms with van der Waals surface area (Å²) in [4.78, 5) is 36.0. The monoisotopic (exact) mass is 417 g/mol. The van der Waals surface area contributed by atoms with E-state index < -0.39 is 35.3 Å². The first-order valence-electron chi connectivity index (χ1n) is 10.2. The molecule has 2 bridgehead atoms. The van der Waals surface area contributed by atoms with E-state index >= 15 is 0 Å². The van der Waals surface area contributed by atoms with Crippen LogP contribution < -0.4 is 5.32 Å². The molecule has 1 amide bonds. The zero-order valence-electron chi connectivity index (χ0n) is 17.7. The number of allylic oxidation sites excluding steroid dienone is 3. The topological polar surface area (TPSA) is 114 Å². The molecule has 1 unspecified atom stereocenters. The molecule has 0 spiro atoms. The van der Waals surface area contributed by atoms with E-state index in [-0.39, 0.29) is 41.6 Å². The van der Waals surface area contributed by atoms with Crippen molar-refractivity contribution in [2.75, 3.05) is 6.54 Å². The smallest absolute Gasteiger partial charge is 0.259 e. The van der Waals surface area contributed by atoms with Crippen molar-refractivity contribution in [2.45, 2.75) is 64.3 Å². The highest BCUT2D eigenvalue weighted by Crippen LogP contribution is 2.57. The number of Topliss-reactive ketones (excluding diaryl/α,β-unsaturated/α-hetero) is 2. The first-order valence-corrected chi connectivity index (χ1v) is 10.2. The second-order valence-electron chi connectivity index (χ2n) is 8.90. The standard InChI is InChI=1S/C22H27NO7/c1-10(6-7-13(24)15-14(25)9-23-20(15)27)8-11(2)17-12(3)18-16(26)19-21(4,30-19)22(5,28-17)29-18/h6-8,11-12,17-19,24H,9H2,1-5H3,(H,23,27)/b7-6?,10-8?,15-13+/t11?,12-,17-,18-,19+,21+,22-/m1/s1. The summed E-state index contributed by atoms with van der Waals surface area (Å²) in [5.74, 6) is -2.59. The number of carbonyl (C=O) groups excluding carboxylic acids is 3. The number of ketones is 2. The maximum absolute atomic E-state index is 12.7. The van der Waals surface area contributed by atoms with Crippen LogP contribution in [0.15, 0.2) is 35.1 Å². The summed E-state index contributed by atoms with van der Waals surface area (Å²) in [6.07, 6.45) is 3.64. The molecular formula is C22H27NO7. The van der Waals surface area contributed by atoms with Crippen molar-refractivity contribution in [3.8, 4) is 0 Å². The van der Waals surface area contributed by atoms with Gasteiger partial charge in [-0.1, -0.05) is 31.6 Å². The van der Waals surface area contributed by atoms with Crippen molar-refractivity contribution in [1.82, 2.24) is 5.32 Å². The lowest BCUT2D eigenvalue weighted by atomic mass is 9.78. The van der Waals surface area contributed by atoms with E-state index in [4.69, 9.17) is 14.2 Å². The number of fused-ring (bicyclic) bond motifs is 4. The molecule has 0 aromatic carbocycles. The highest BCUT2D eigenvalue weighted by atomic mass is 16.8. The second-order valence-corrected chi connectivity index (χ2v) is 8.90. The maximum atomic E-state index is 12.7. The van der Waals surface area contributed by atoms with E-state index in [0.717, 1.165) is 5.57 Å². The Balaban J connectivity index is 1.51. The first-order chi connectivity index (χ1) is 14.0. The van der Waals surface area contributed by atoms with Crippen molar-refractivity contribution < 1.29 is 33.7 Å². The lowest BCUT2D eigenvalue weighted by molar-refractivity contribution is -0.350. The summed E-state index contributed by atoms with van der Waals surface area (Å²) >= 11 is 0. The quantitative estimate of drug-likeness (QED) is 0.234. The average molecular weight is 417 g/mol. The van der Waals surface area contributed by atoms with Crippen LogP contribution in [0, 0.1) is 11.8 Å². The van der Waals surface area contributed by atoms with Crippen molar-refractivity contribution >= 4 is 17.5 Å². The van der Waals surface area contributed by atoms with Crippen molar-refractivity contribution in [3.63, 3.8) is 0 Å². The zero-order valence-corrected chi connectivity index (χ0v) is 17.7. The molecule has 0 saturated carbocycles. The fraction of sp³-hybridized carbons (Fsp3) is 0.591. The fourth-order valence-electron chi connectivity index (χ4n) is 4.67. The van der Waals surface area contributed by atoms with Gasteiger partial charge in [0.15, 0.2) is 29.1 Å². The fourth-order valence-corrected chi connectivity index (χ4v) is 4.67. The van der Waals surface area contributed by atoms with Crippen LogP contribution in [0.3, 0.4) is 0 Å². The van der Waals surface area contributed by atoms with Crippen LogP contribution in [-0.4, -0.2) is 58.8 Å². The number of hydrogen-bond acceptors (Lipinski definition) is 7. The summed E-state index contributed by atoms with van der Waals surface area (Å²) in [6, 6.07) is 0. The third kappa shape index (κ3) is 3.05. The van der Waals surface area contributed by atoms with Crippen LogP contribution in [0.5, 0.6) is 0 Å². The highest BCUT2D eigenvalue weighted by Gasteiger charge is 2.76. The van der Waals surface area contributed by atoms with Gasteiger partial charge in [0.1, 0.15) is 17.4 Å². The molecule has 8 nitrogen and oxygen atoms in total. The normalized spacial score (nSPS) is 43.5. The summed E-state index contributed by atoms with van der Waals surface area (Å²) in [7, 11) is 0. The lowest BCUT2D eigenvalue weighted by Crippen LogP contribution is -2.66. The number of carbonyl (C=O) groups is 3. The van der Waals surface area contributed by atoms with Gasteiger partial charge in [0.05, 0.1) is 12.6 Å². The van der Waals surface area contributed by atoms with Crippen LogP contribution >= 0.6 is 0 Å². The van der Waals surface area contributed by atoms with E-state index in [9.17, 15) is 19.5 Å². The molecule has 30 heavy (non-hydrogen) atoms. The summed E-state index contributed by atoms with van der Waals surface area (Å²) in [6.45, 7) is 9.34. The van der Waals surface area contributed by atoms with Crippen molar-refractivity contribution in [1.29, 1.82) is 0 Å². The van der Waals surface area contributed by atoms with Crippen molar-refractivity contribution in [2.24, 2.45) is 11.8 Å². The Labute approximate surface area is 174 Å². The van der Waals surface area contributed by atoms with E-state index in [0.29, 0.717) is 0 Å². The lowest BCUT2D eigenvalue weighted by Gasteiger charge is -2.51. The van der Waals surface area contributed by atoms with Gasteiger partial charge < -0.3 is 24.6 Å². The van der Waals surface area contributed by atoms with Crippen LogP contribution in [0.1, 0.15) is 34.6 Å². The van der Waals surface area contributed by atoms with E-state index in [1.165, 1.54) is 6.08 Å². The number of rotatable bonds is 4. The molecule has 8 heteroatoms. The Morgan fingerprint density at radius 2 is 1.90 bits per heavy atom. The van der Waals surface area contributed by atoms with Crippen LogP contribution in [0.4, 0.5) is 0 Å². The highest BCUT2D eigenvalue weighted by molar-refractivity contribution is 6.25. The number of nitrogens with one attached hydrogen (secondary N) is 1. The Bertz CT molecular complexity index is 900. The summed E-state index contributed by atoms with van der Waals surface area (Å²) < 4.78 is 18.0. The minimum Gasteiger partial charge on any atom is -0.507 e. The van der Waals surface area contributed by atoms with E-state index in [1.54, 1.807) is 6.08 Å². The van der Waals surface area contributed by atoms with Gasteiger partial charge in [-0.3, -0.25) is 14.4 Å². The van der Waals surface area contributed by atoms with Gasteiger partial charge in [-0.05, 0) is 26.8 Å². The van der Waals surface area contributed by atoms with Gasteiger partial charge in [-0.2, -0.15) is 0 Å². The SMILES string of the molecule is CC(C=C/C(O)=C1/C(=O)CNC1=O)=CC(C)[C@H]1O[C@]2(C)O[C@@H](C(=O)[C@@H]3O[C@@]32C)[C@@H]1C. The molecule has 4 fully saturated rings. The van der Waals surface area contributed by atoms with Gasteiger partial charge >= 0.3 is 0 Å². The van der Waals surface area contributed by atoms with E-state index in [1.807, 2.05) is 40.7 Å². The number of aliphatic hydroxyl groups excluding tert-OH is 1. The Morgan fingerprint density at radius 3 is 2.53 bits per heavy atom. The minimum absolute atomic E-state index is 0.0281. The zero-order chi connectivity index (χ0) is 22.0. The predicted octanol–water partition coefficient (Wildman–Crippen LogP) is 1.51. The molecule has 0 aliphatic carbocycles. The maximum Gasteiger partial charge on any atom is 0.259 e. The molecule has 2 N–H and O–H groups in total. The van der Waals surface area contributed by atoms with Crippen LogP contribution in [0.2, 0.25) is 0 Å². The predicted molar refractivity (Wildman–Crippen MR) is 105 cm³/mol. The van der Waals surface area contributed by atoms with E-state index in [2.05, 4.69) is 5.32 Å². The molecule has 4 heterocycles. The number of amides is 1. The Morgan fingerprint density at radius 1 is 1.20 bits per heavy atom. The molecule has 4 aliphatic rings. The first kappa shape index (κ1) is 21.0. The minimum atomic E-state index is -0.988. The number of epoxide rings is 1. The summed E-state index contributed by atoms with van der Waals surface area (Å²) in [5, 5.41) is 12.5. The molecule has 4 aliphatic heterocycles. The van der Waals surface area contributed by atoms with Gasteiger partial charge in [-0.25, -0.2) is 0 Å². The molecule has 0 aromatic rings. The summed E-state index contributed by atoms with van der Waals surface area (Å²) in [5.41, 5.74) is -0.167. The number of hydrogen-bond donors (Lipinski definition) is 2. The molecule has 162 valence electrons. The largest absolute Gasteiger partial charge is 0.507 e. The third-order valence-electron chi connectivity index (χ3n) is 6.67. The van der Waals surface area contributed by atoms with Gasteiger partial charge in [0, 0.05) is 11.8 Å². The second kappa shape index (κ2) is 6.87. The van der Waals surface area contributed by atoms with Crippen LogP contribution in [-0.2, 0) is 28.6 Å². The number of ether oxygens (including phenoxy) is 3. The Hall–Kier alpha value is -2.29. The molecule has 7 atom stereocenters.